The van der Waals surface area contributed by atoms with Crippen molar-refractivity contribution < 1.29 is 23.7 Å². The molecule has 1 amide bonds. The molecule has 1 heterocycles. The Morgan fingerprint density at radius 1 is 1.29 bits per heavy atom. The molecule has 1 aliphatic rings. The van der Waals surface area contributed by atoms with Gasteiger partial charge in [0.25, 0.3) is 5.69 Å². The molecule has 1 aliphatic heterocycles. The lowest BCUT2D eigenvalue weighted by Crippen LogP contribution is -2.53. The summed E-state index contributed by atoms with van der Waals surface area (Å²) in [6, 6.07) is 5.92. The minimum absolute atomic E-state index is 0.00253. The van der Waals surface area contributed by atoms with Gasteiger partial charge in [0.15, 0.2) is 14.2 Å². The standard InChI is InChI=1S/C21H32N2O6SSi/c1-15(24)30-14-21(29-31(5)6)11-17(20(2,3)4)12-22(21)19(25)28-13-16-7-9-18(10-8-16)23(26)27/h7-10,17,31H,11-14H2,1-6H3. The van der Waals surface area contributed by atoms with Gasteiger partial charge < -0.3 is 9.16 Å². The molecule has 0 bridgehead atoms. The number of nitro groups is 1. The minimum atomic E-state index is -1.55. The minimum Gasteiger partial charge on any atom is -0.444 e. The topological polar surface area (TPSA) is 99.0 Å². The third-order valence-electron chi connectivity index (χ3n) is 5.37. The molecule has 2 rings (SSSR count). The molecule has 0 spiro atoms. The summed E-state index contributed by atoms with van der Waals surface area (Å²) in [6.07, 6.45) is 0.151. The van der Waals surface area contributed by atoms with E-state index in [1.54, 1.807) is 17.0 Å². The molecular formula is C21H32N2O6SSi. The summed E-state index contributed by atoms with van der Waals surface area (Å²) in [4.78, 5) is 36.8. The van der Waals surface area contributed by atoms with Crippen molar-refractivity contribution in [2.24, 2.45) is 11.3 Å². The molecule has 8 nitrogen and oxygen atoms in total. The first-order valence-corrected chi connectivity index (χ1v) is 14.1. The summed E-state index contributed by atoms with van der Waals surface area (Å²) < 4.78 is 12.0. The van der Waals surface area contributed by atoms with Crippen molar-refractivity contribution in [2.45, 2.75) is 59.5 Å². The molecule has 2 atom stereocenters. The van der Waals surface area contributed by atoms with Crippen LogP contribution in [0.2, 0.25) is 13.1 Å². The van der Waals surface area contributed by atoms with Gasteiger partial charge in [-0.05, 0) is 42.1 Å². The van der Waals surface area contributed by atoms with Crippen LogP contribution < -0.4 is 0 Å². The zero-order valence-corrected chi connectivity index (χ0v) is 21.0. The summed E-state index contributed by atoms with van der Waals surface area (Å²) in [5.74, 6) is 0.562. The molecule has 0 saturated carbocycles. The number of nitro benzene ring substituents is 1. The van der Waals surface area contributed by atoms with Gasteiger partial charge in [-0.2, -0.15) is 0 Å². The number of carbonyl (C=O) groups is 2. The van der Waals surface area contributed by atoms with Crippen molar-refractivity contribution in [3.63, 3.8) is 0 Å². The second kappa shape index (κ2) is 10.1. The van der Waals surface area contributed by atoms with Crippen LogP contribution in [0.1, 0.15) is 39.7 Å². The molecule has 1 aromatic carbocycles. The Hall–Kier alpha value is -1.91. The van der Waals surface area contributed by atoms with Crippen LogP contribution in [0.15, 0.2) is 24.3 Å². The average Bonchev–Trinajstić information content (AvgIpc) is 3.04. The Morgan fingerprint density at radius 3 is 2.39 bits per heavy atom. The third kappa shape index (κ3) is 6.78. The van der Waals surface area contributed by atoms with E-state index >= 15 is 0 Å². The van der Waals surface area contributed by atoms with Crippen LogP contribution in [0, 0.1) is 21.4 Å². The van der Waals surface area contributed by atoms with E-state index in [4.69, 9.17) is 9.16 Å². The van der Waals surface area contributed by atoms with Crippen LogP contribution in [0.3, 0.4) is 0 Å². The van der Waals surface area contributed by atoms with Crippen molar-refractivity contribution in [1.82, 2.24) is 4.90 Å². The largest absolute Gasteiger partial charge is 0.444 e. The second-order valence-electron chi connectivity index (χ2n) is 9.25. The number of nitrogens with zero attached hydrogens (tertiary/aromatic N) is 2. The van der Waals surface area contributed by atoms with E-state index in [0.717, 1.165) is 0 Å². The lowest BCUT2D eigenvalue weighted by molar-refractivity contribution is -0.384. The number of non-ortho nitro benzene ring substituents is 1. The van der Waals surface area contributed by atoms with Crippen LogP contribution >= 0.6 is 11.8 Å². The Labute approximate surface area is 189 Å². The molecule has 1 saturated heterocycles. The molecule has 172 valence electrons. The van der Waals surface area contributed by atoms with Crippen LogP contribution in [0.25, 0.3) is 0 Å². The van der Waals surface area contributed by atoms with Crippen molar-refractivity contribution >= 4 is 37.7 Å². The third-order valence-corrected chi connectivity index (χ3v) is 7.28. The summed E-state index contributed by atoms with van der Waals surface area (Å²) >= 11 is 1.17. The number of carbonyl (C=O) groups excluding carboxylic acids is 2. The fourth-order valence-corrected chi connectivity index (χ4v) is 5.72. The Morgan fingerprint density at radius 2 is 1.90 bits per heavy atom. The first kappa shape index (κ1) is 25.3. The van der Waals surface area contributed by atoms with Gasteiger partial charge in [0, 0.05) is 37.8 Å². The summed E-state index contributed by atoms with van der Waals surface area (Å²) in [6.45, 7) is 12.5. The van der Waals surface area contributed by atoms with Crippen LogP contribution in [0.4, 0.5) is 10.5 Å². The molecule has 0 aromatic heterocycles. The van der Waals surface area contributed by atoms with Crippen molar-refractivity contribution in [1.29, 1.82) is 0 Å². The molecule has 0 radical (unpaired) electrons. The Kier molecular flexibility index (Phi) is 8.29. The van der Waals surface area contributed by atoms with Gasteiger partial charge in [-0.25, -0.2) is 4.79 Å². The van der Waals surface area contributed by atoms with Crippen molar-refractivity contribution in [3.8, 4) is 0 Å². The summed E-state index contributed by atoms with van der Waals surface area (Å²) in [5.41, 5.74) is -0.269. The maximum absolute atomic E-state index is 13.1. The highest BCUT2D eigenvalue weighted by Gasteiger charge is 2.52. The predicted octanol–water partition coefficient (Wildman–Crippen LogP) is 4.58. The van der Waals surface area contributed by atoms with E-state index < -0.39 is 25.8 Å². The number of benzene rings is 1. The smallest absolute Gasteiger partial charge is 0.412 e. The quantitative estimate of drug-likeness (QED) is 0.328. The highest BCUT2D eigenvalue weighted by atomic mass is 32.2. The fourth-order valence-electron chi connectivity index (χ4n) is 3.64. The van der Waals surface area contributed by atoms with E-state index in [1.807, 2.05) is 13.1 Å². The zero-order chi connectivity index (χ0) is 23.4. The number of hydrogen-bond acceptors (Lipinski definition) is 7. The summed E-state index contributed by atoms with van der Waals surface area (Å²) in [5, 5.41) is 10.8. The normalized spacial score (nSPS) is 21.4. The molecule has 1 fully saturated rings. The number of rotatable bonds is 7. The lowest BCUT2D eigenvalue weighted by atomic mass is 9.79. The number of hydrogen-bond donors (Lipinski definition) is 0. The van der Waals surface area contributed by atoms with E-state index in [1.165, 1.54) is 30.8 Å². The first-order chi connectivity index (χ1) is 14.3. The SMILES string of the molecule is CC(=O)SCC1(O[SiH](C)C)CC(C(C)(C)C)CN1C(=O)OCc1ccc([N+](=O)[O-])cc1. The maximum Gasteiger partial charge on any atom is 0.412 e. The number of amides is 1. The second-order valence-corrected chi connectivity index (χ2v) is 12.7. The first-order valence-electron chi connectivity index (χ1n) is 10.3. The highest BCUT2D eigenvalue weighted by molar-refractivity contribution is 8.13. The fraction of sp³-hybridized carbons (Fsp3) is 0.619. The van der Waals surface area contributed by atoms with Gasteiger partial charge in [0.05, 0.1) is 4.92 Å². The molecule has 0 N–H and O–H groups in total. The molecule has 31 heavy (non-hydrogen) atoms. The van der Waals surface area contributed by atoms with Gasteiger partial charge in [0.1, 0.15) is 12.3 Å². The van der Waals surface area contributed by atoms with Crippen LogP contribution in [0.5, 0.6) is 0 Å². The van der Waals surface area contributed by atoms with Gasteiger partial charge >= 0.3 is 6.09 Å². The van der Waals surface area contributed by atoms with Gasteiger partial charge in [-0.1, -0.05) is 32.5 Å². The predicted molar refractivity (Wildman–Crippen MR) is 123 cm³/mol. The number of ether oxygens (including phenoxy) is 1. The van der Waals surface area contributed by atoms with E-state index in [9.17, 15) is 19.7 Å². The van der Waals surface area contributed by atoms with Crippen molar-refractivity contribution in [3.05, 3.63) is 39.9 Å². The Bertz CT molecular complexity index is 811. The van der Waals surface area contributed by atoms with E-state index in [-0.39, 0.29) is 28.7 Å². The lowest BCUT2D eigenvalue weighted by Gasteiger charge is -2.39. The average molecular weight is 469 g/mol. The molecule has 1 aromatic rings. The summed E-state index contributed by atoms with van der Waals surface area (Å²) in [7, 11) is -1.55. The molecule has 0 aliphatic carbocycles. The number of likely N-dealkylation sites (tertiary alicyclic amines) is 1. The molecule has 10 heteroatoms. The van der Waals surface area contributed by atoms with Gasteiger partial charge in [-0.3, -0.25) is 19.8 Å². The van der Waals surface area contributed by atoms with Crippen molar-refractivity contribution in [2.75, 3.05) is 12.3 Å². The zero-order valence-electron chi connectivity index (χ0n) is 19.0. The number of thioether (sulfide) groups is 1. The maximum atomic E-state index is 13.1. The monoisotopic (exact) mass is 468 g/mol. The van der Waals surface area contributed by atoms with E-state index in [2.05, 4.69) is 20.8 Å². The Balaban J connectivity index is 2.22. The van der Waals surface area contributed by atoms with Gasteiger partial charge in [0.2, 0.25) is 0 Å². The highest BCUT2D eigenvalue weighted by Crippen LogP contribution is 2.45. The molecule has 2 unspecified atom stereocenters. The van der Waals surface area contributed by atoms with Crippen LogP contribution in [-0.2, 0) is 20.6 Å². The molecular weight excluding hydrogens is 436 g/mol. The van der Waals surface area contributed by atoms with Gasteiger partial charge in [-0.15, -0.1) is 0 Å². The van der Waals surface area contributed by atoms with E-state index in [0.29, 0.717) is 24.3 Å². The van der Waals surface area contributed by atoms with Crippen LogP contribution in [-0.4, -0.2) is 48.1 Å².